The van der Waals surface area contributed by atoms with Crippen molar-refractivity contribution in [3.05, 3.63) is 28.8 Å². The second-order valence-corrected chi connectivity index (χ2v) is 4.93. The minimum absolute atomic E-state index is 0.357. The van der Waals surface area contributed by atoms with Gasteiger partial charge in [-0.25, -0.2) is 4.79 Å². The highest BCUT2D eigenvalue weighted by Gasteiger charge is 2.21. The zero-order chi connectivity index (χ0) is 14.0. The lowest BCUT2D eigenvalue weighted by Crippen LogP contribution is -2.50. The van der Waals surface area contributed by atoms with Crippen LogP contribution in [0.2, 0.25) is 0 Å². The lowest BCUT2D eigenvalue weighted by molar-refractivity contribution is 0.112. The first-order valence-corrected chi connectivity index (χ1v) is 6.38. The van der Waals surface area contributed by atoms with Crippen LogP contribution in [0.3, 0.4) is 0 Å². The summed E-state index contributed by atoms with van der Waals surface area (Å²) in [5.41, 5.74) is 9.33. The van der Waals surface area contributed by atoms with Gasteiger partial charge in [-0.3, -0.25) is 4.79 Å². The molecule has 0 aliphatic carbocycles. The summed E-state index contributed by atoms with van der Waals surface area (Å²) in [5.74, 6) is 0. The van der Waals surface area contributed by atoms with Crippen LogP contribution in [-0.4, -0.2) is 43.4 Å². The van der Waals surface area contributed by atoms with Crippen LogP contribution in [0.5, 0.6) is 0 Å². The molecule has 1 saturated heterocycles. The number of hydrogen-bond acceptors (Lipinski definition) is 3. The second kappa shape index (κ2) is 5.30. The summed E-state index contributed by atoms with van der Waals surface area (Å²) >= 11 is 0. The summed E-state index contributed by atoms with van der Waals surface area (Å²) in [6.07, 6.45) is 0.870. The van der Waals surface area contributed by atoms with E-state index in [-0.39, 0.29) is 6.03 Å². The van der Waals surface area contributed by atoms with Gasteiger partial charge < -0.3 is 15.5 Å². The molecule has 0 radical (unpaired) electrons. The van der Waals surface area contributed by atoms with Gasteiger partial charge in [0.1, 0.15) is 6.29 Å². The number of aldehydes is 1. The maximum Gasteiger partial charge on any atom is 0.314 e. The van der Waals surface area contributed by atoms with E-state index < -0.39 is 0 Å². The summed E-state index contributed by atoms with van der Waals surface area (Å²) in [7, 11) is 0. The van der Waals surface area contributed by atoms with Crippen molar-refractivity contribution in [2.45, 2.75) is 13.8 Å². The highest BCUT2D eigenvalue weighted by atomic mass is 16.2. The molecule has 102 valence electrons. The van der Waals surface area contributed by atoms with Crippen molar-refractivity contribution in [1.29, 1.82) is 0 Å². The highest BCUT2D eigenvalue weighted by molar-refractivity contribution is 5.78. The molecule has 1 fully saturated rings. The van der Waals surface area contributed by atoms with Gasteiger partial charge in [-0.2, -0.15) is 0 Å². The molecule has 1 heterocycles. The van der Waals surface area contributed by atoms with Gasteiger partial charge >= 0.3 is 6.03 Å². The first-order chi connectivity index (χ1) is 9.02. The minimum atomic E-state index is -0.357. The number of hydrogen-bond donors (Lipinski definition) is 1. The highest BCUT2D eigenvalue weighted by Crippen LogP contribution is 2.26. The van der Waals surface area contributed by atoms with Crippen molar-refractivity contribution in [2.24, 2.45) is 5.73 Å². The number of carbonyl (C=O) groups is 2. The van der Waals surface area contributed by atoms with Crippen molar-refractivity contribution < 1.29 is 9.59 Å². The fraction of sp³-hybridized carbons (Fsp3) is 0.429. The minimum Gasteiger partial charge on any atom is -0.368 e. The van der Waals surface area contributed by atoms with E-state index in [0.717, 1.165) is 36.2 Å². The van der Waals surface area contributed by atoms with Crippen LogP contribution in [0.1, 0.15) is 21.5 Å². The van der Waals surface area contributed by atoms with Crippen LogP contribution in [0, 0.1) is 13.8 Å². The van der Waals surface area contributed by atoms with E-state index in [4.69, 9.17) is 5.73 Å². The van der Waals surface area contributed by atoms with Gasteiger partial charge in [-0.15, -0.1) is 0 Å². The zero-order valence-electron chi connectivity index (χ0n) is 11.3. The van der Waals surface area contributed by atoms with Gasteiger partial charge in [0, 0.05) is 37.4 Å². The van der Waals surface area contributed by atoms with Gasteiger partial charge in [-0.05, 0) is 37.1 Å². The van der Waals surface area contributed by atoms with E-state index in [1.165, 1.54) is 0 Å². The maximum absolute atomic E-state index is 11.1. The van der Waals surface area contributed by atoms with Gasteiger partial charge in [0.15, 0.2) is 0 Å². The van der Waals surface area contributed by atoms with E-state index in [2.05, 4.69) is 4.90 Å². The summed E-state index contributed by atoms with van der Waals surface area (Å²) in [6, 6.07) is 3.44. The smallest absolute Gasteiger partial charge is 0.314 e. The molecule has 5 nitrogen and oxygen atoms in total. The SMILES string of the molecule is Cc1cc(C=O)cc(C)c1N1CCN(C(N)=O)CC1. The Morgan fingerprint density at radius 3 is 2.11 bits per heavy atom. The van der Waals surface area contributed by atoms with Crippen LogP contribution >= 0.6 is 0 Å². The number of piperazine rings is 1. The van der Waals surface area contributed by atoms with E-state index in [1.54, 1.807) is 4.90 Å². The largest absolute Gasteiger partial charge is 0.368 e. The number of nitrogens with two attached hydrogens (primary N) is 1. The standard InChI is InChI=1S/C14H19N3O2/c1-10-7-12(9-18)8-11(2)13(10)16-3-5-17(6-4-16)14(15)19/h7-9H,3-6H2,1-2H3,(H2,15,19). The van der Waals surface area contributed by atoms with Crippen LogP contribution in [0.15, 0.2) is 12.1 Å². The normalized spacial score (nSPS) is 15.5. The average Bonchev–Trinajstić information content (AvgIpc) is 2.38. The number of benzene rings is 1. The van der Waals surface area contributed by atoms with Crippen LogP contribution in [0.4, 0.5) is 10.5 Å². The summed E-state index contributed by atoms with van der Waals surface area (Å²) in [5, 5.41) is 0. The molecule has 1 aliphatic heterocycles. The Balaban J connectivity index is 2.20. The number of urea groups is 1. The molecule has 0 spiro atoms. The predicted molar refractivity (Wildman–Crippen MR) is 74.7 cm³/mol. The molecule has 0 bridgehead atoms. The van der Waals surface area contributed by atoms with Gasteiger partial charge in [0.05, 0.1) is 0 Å². The van der Waals surface area contributed by atoms with E-state index in [0.29, 0.717) is 18.7 Å². The lowest BCUT2D eigenvalue weighted by Gasteiger charge is -2.36. The first-order valence-electron chi connectivity index (χ1n) is 6.38. The summed E-state index contributed by atoms with van der Waals surface area (Å²) in [6.45, 7) is 6.84. The maximum atomic E-state index is 11.1. The second-order valence-electron chi connectivity index (χ2n) is 4.93. The molecule has 5 heteroatoms. The zero-order valence-corrected chi connectivity index (χ0v) is 11.3. The molecule has 2 amide bonds. The molecule has 1 aromatic carbocycles. The Kier molecular flexibility index (Phi) is 3.74. The third-order valence-corrected chi connectivity index (χ3v) is 3.56. The molecule has 1 aliphatic rings. The predicted octanol–water partition coefficient (Wildman–Crippen LogP) is 1.32. The third-order valence-electron chi connectivity index (χ3n) is 3.56. The van der Waals surface area contributed by atoms with Crippen LogP contribution in [-0.2, 0) is 0 Å². The average molecular weight is 261 g/mol. The topological polar surface area (TPSA) is 66.6 Å². The molecule has 2 N–H and O–H groups in total. The number of rotatable bonds is 2. The van der Waals surface area contributed by atoms with E-state index >= 15 is 0 Å². The van der Waals surface area contributed by atoms with E-state index in [1.807, 2.05) is 26.0 Å². The molecule has 0 unspecified atom stereocenters. The first kappa shape index (κ1) is 13.4. The number of anilines is 1. The fourth-order valence-electron chi connectivity index (χ4n) is 2.71. The van der Waals surface area contributed by atoms with Crippen LogP contribution < -0.4 is 10.6 Å². The van der Waals surface area contributed by atoms with Crippen molar-refractivity contribution in [3.63, 3.8) is 0 Å². The Morgan fingerprint density at radius 1 is 1.16 bits per heavy atom. The number of amides is 2. The molecule has 1 aromatic rings. The quantitative estimate of drug-likeness (QED) is 0.816. The molecule has 2 rings (SSSR count). The van der Waals surface area contributed by atoms with Gasteiger partial charge in [0.2, 0.25) is 0 Å². The van der Waals surface area contributed by atoms with Crippen molar-refractivity contribution >= 4 is 18.0 Å². The Bertz CT molecular complexity index is 482. The monoisotopic (exact) mass is 261 g/mol. The van der Waals surface area contributed by atoms with Crippen molar-refractivity contribution in [3.8, 4) is 0 Å². The molecule has 0 saturated carbocycles. The Labute approximate surface area is 113 Å². The van der Waals surface area contributed by atoms with E-state index in [9.17, 15) is 9.59 Å². The van der Waals surface area contributed by atoms with Crippen molar-refractivity contribution in [1.82, 2.24) is 4.90 Å². The van der Waals surface area contributed by atoms with Gasteiger partial charge in [-0.1, -0.05) is 0 Å². The number of carbonyl (C=O) groups excluding carboxylic acids is 2. The molecular formula is C14H19N3O2. The summed E-state index contributed by atoms with van der Waals surface area (Å²) in [4.78, 5) is 25.9. The van der Waals surface area contributed by atoms with Crippen LogP contribution in [0.25, 0.3) is 0 Å². The molecule has 19 heavy (non-hydrogen) atoms. The third kappa shape index (κ3) is 2.70. The molecule has 0 aromatic heterocycles. The Morgan fingerprint density at radius 2 is 1.68 bits per heavy atom. The molecular weight excluding hydrogens is 242 g/mol. The number of aryl methyl sites for hydroxylation is 2. The summed E-state index contributed by atoms with van der Waals surface area (Å²) < 4.78 is 0. The lowest BCUT2D eigenvalue weighted by atomic mass is 10.0. The number of primary amides is 1. The number of nitrogens with zero attached hydrogens (tertiary/aromatic N) is 2. The Hall–Kier alpha value is -2.04. The van der Waals surface area contributed by atoms with Crippen molar-refractivity contribution in [2.75, 3.05) is 31.1 Å². The van der Waals surface area contributed by atoms with Gasteiger partial charge in [0.25, 0.3) is 0 Å². The molecule has 0 atom stereocenters. The fourth-order valence-corrected chi connectivity index (χ4v) is 2.71.